The average Bonchev–Trinajstić information content (AvgIpc) is 2.34. The number of methoxy groups -OCH3 is 1. The molecule has 0 bridgehead atoms. The number of carbonyl (C=O) groups excluding carboxylic acids is 2. The van der Waals surface area contributed by atoms with E-state index in [9.17, 15) is 27.9 Å². The van der Waals surface area contributed by atoms with Crippen molar-refractivity contribution in [3.63, 3.8) is 0 Å². The van der Waals surface area contributed by atoms with Gasteiger partial charge in [0.15, 0.2) is 5.78 Å². The Labute approximate surface area is 106 Å². The highest BCUT2D eigenvalue weighted by Crippen LogP contribution is 2.32. The molecule has 1 aromatic rings. The molecule has 1 aromatic carbocycles. The van der Waals surface area contributed by atoms with Crippen LogP contribution >= 0.6 is 0 Å². The van der Waals surface area contributed by atoms with Gasteiger partial charge in [-0.25, -0.2) is 0 Å². The van der Waals surface area contributed by atoms with Crippen LogP contribution in [0, 0.1) is 0 Å². The summed E-state index contributed by atoms with van der Waals surface area (Å²) in [5.74, 6) is -1.96. The van der Waals surface area contributed by atoms with Crippen LogP contribution in [0.1, 0.15) is 28.8 Å². The molecule has 19 heavy (non-hydrogen) atoms. The van der Waals surface area contributed by atoms with Gasteiger partial charge >= 0.3 is 12.1 Å². The Balaban J connectivity index is 2.93. The van der Waals surface area contributed by atoms with Gasteiger partial charge in [0.05, 0.1) is 24.7 Å². The van der Waals surface area contributed by atoms with Gasteiger partial charge in [-0.1, -0.05) is 0 Å². The first-order chi connectivity index (χ1) is 8.75. The zero-order valence-corrected chi connectivity index (χ0v) is 9.95. The lowest BCUT2D eigenvalue weighted by Crippen LogP contribution is -2.09. The number of rotatable bonds is 4. The molecule has 0 aromatic heterocycles. The Morgan fingerprint density at radius 2 is 1.89 bits per heavy atom. The number of halogens is 3. The first kappa shape index (κ1) is 15.0. The van der Waals surface area contributed by atoms with Crippen molar-refractivity contribution < 1.29 is 32.6 Å². The largest absolute Gasteiger partial charge is 0.507 e. The molecule has 0 saturated carbocycles. The minimum absolute atomic E-state index is 0.259. The second kappa shape index (κ2) is 5.73. The van der Waals surface area contributed by atoms with E-state index in [1.165, 1.54) is 0 Å². The monoisotopic (exact) mass is 276 g/mol. The molecular formula is C12H11F3O4. The maximum atomic E-state index is 12.5. The van der Waals surface area contributed by atoms with Gasteiger partial charge in [-0.15, -0.1) is 0 Å². The second-order valence-electron chi connectivity index (χ2n) is 3.73. The SMILES string of the molecule is COC(=O)CCC(=O)c1cc(C(F)(F)F)ccc1O. The van der Waals surface area contributed by atoms with E-state index in [0.717, 1.165) is 13.2 Å². The Bertz CT molecular complexity index is 494. The Morgan fingerprint density at radius 3 is 2.42 bits per heavy atom. The molecule has 4 nitrogen and oxygen atoms in total. The molecular weight excluding hydrogens is 265 g/mol. The zero-order valence-electron chi connectivity index (χ0n) is 9.95. The third kappa shape index (κ3) is 3.97. The summed E-state index contributed by atoms with van der Waals surface area (Å²) in [6, 6.07) is 2.04. The Hall–Kier alpha value is -2.05. The van der Waals surface area contributed by atoms with Crippen molar-refractivity contribution in [3.05, 3.63) is 29.3 Å². The van der Waals surface area contributed by atoms with Crippen LogP contribution in [0.15, 0.2) is 18.2 Å². The summed E-state index contributed by atoms with van der Waals surface area (Å²) in [5, 5.41) is 9.39. The first-order valence-electron chi connectivity index (χ1n) is 5.26. The fraction of sp³-hybridized carbons (Fsp3) is 0.333. The fourth-order valence-electron chi connectivity index (χ4n) is 1.39. The summed E-state index contributed by atoms with van der Waals surface area (Å²) in [4.78, 5) is 22.5. The molecule has 0 aliphatic carbocycles. The summed E-state index contributed by atoms with van der Waals surface area (Å²) in [7, 11) is 1.13. The van der Waals surface area contributed by atoms with E-state index < -0.39 is 34.8 Å². The van der Waals surface area contributed by atoms with Gasteiger partial charge in [-0.05, 0) is 18.2 Å². The first-order valence-corrected chi connectivity index (χ1v) is 5.26. The van der Waals surface area contributed by atoms with E-state index in [-0.39, 0.29) is 12.8 Å². The third-order valence-corrected chi connectivity index (χ3v) is 2.41. The number of phenolic OH excluding ortho intramolecular Hbond substituents is 1. The lowest BCUT2D eigenvalue weighted by atomic mass is 10.0. The van der Waals surface area contributed by atoms with Crippen LogP contribution < -0.4 is 0 Å². The molecule has 104 valence electrons. The van der Waals surface area contributed by atoms with E-state index in [4.69, 9.17) is 0 Å². The van der Waals surface area contributed by atoms with Crippen LogP contribution in [0.3, 0.4) is 0 Å². The smallest absolute Gasteiger partial charge is 0.416 e. The fourth-order valence-corrected chi connectivity index (χ4v) is 1.39. The molecule has 0 spiro atoms. The van der Waals surface area contributed by atoms with Crippen LogP contribution in [-0.2, 0) is 15.7 Å². The van der Waals surface area contributed by atoms with Crippen molar-refractivity contribution in [2.24, 2.45) is 0 Å². The summed E-state index contributed by atoms with van der Waals surface area (Å²) >= 11 is 0. The van der Waals surface area contributed by atoms with E-state index in [1.54, 1.807) is 0 Å². The average molecular weight is 276 g/mol. The van der Waals surface area contributed by atoms with Crippen molar-refractivity contribution in [3.8, 4) is 5.75 Å². The summed E-state index contributed by atoms with van der Waals surface area (Å²) in [6.07, 6.45) is -5.20. The quantitative estimate of drug-likeness (QED) is 0.678. The summed E-state index contributed by atoms with van der Waals surface area (Å²) in [5.41, 5.74) is -1.49. The maximum Gasteiger partial charge on any atom is 0.416 e. The standard InChI is InChI=1S/C12H11F3O4/c1-19-11(18)5-4-10(17)8-6-7(12(13,14)15)2-3-9(8)16/h2-3,6,16H,4-5H2,1H3. The molecule has 0 radical (unpaired) electrons. The third-order valence-electron chi connectivity index (χ3n) is 2.41. The summed E-state index contributed by atoms with van der Waals surface area (Å²) in [6.45, 7) is 0. The maximum absolute atomic E-state index is 12.5. The Morgan fingerprint density at radius 1 is 1.26 bits per heavy atom. The van der Waals surface area contributed by atoms with Gasteiger partial charge in [-0.2, -0.15) is 13.2 Å². The van der Waals surface area contributed by atoms with Gasteiger partial charge in [0.25, 0.3) is 0 Å². The number of benzene rings is 1. The van der Waals surface area contributed by atoms with Crippen molar-refractivity contribution in [2.75, 3.05) is 7.11 Å². The Kier molecular flexibility index (Phi) is 4.52. The number of hydrogen-bond acceptors (Lipinski definition) is 4. The normalized spacial score (nSPS) is 11.2. The molecule has 1 rings (SSSR count). The van der Waals surface area contributed by atoms with Crippen LogP contribution in [0.5, 0.6) is 5.75 Å². The molecule has 1 N–H and O–H groups in total. The molecule has 0 amide bonds. The molecule has 0 aliphatic heterocycles. The predicted octanol–water partition coefficient (Wildman–Crippen LogP) is 2.55. The van der Waals surface area contributed by atoms with Crippen molar-refractivity contribution >= 4 is 11.8 Å². The van der Waals surface area contributed by atoms with Crippen LogP contribution in [-0.4, -0.2) is 24.0 Å². The summed E-state index contributed by atoms with van der Waals surface area (Å²) < 4.78 is 41.7. The van der Waals surface area contributed by atoms with Crippen molar-refractivity contribution in [1.29, 1.82) is 0 Å². The minimum Gasteiger partial charge on any atom is -0.507 e. The van der Waals surface area contributed by atoms with E-state index in [0.29, 0.717) is 12.1 Å². The van der Waals surface area contributed by atoms with Crippen molar-refractivity contribution in [2.45, 2.75) is 19.0 Å². The zero-order chi connectivity index (χ0) is 14.6. The van der Waals surface area contributed by atoms with Gasteiger partial charge in [-0.3, -0.25) is 9.59 Å². The number of hydrogen-bond donors (Lipinski definition) is 1. The number of phenols is 1. The molecule has 7 heteroatoms. The highest BCUT2D eigenvalue weighted by molar-refractivity contribution is 6.00. The van der Waals surface area contributed by atoms with Crippen LogP contribution in [0.25, 0.3) is 0 Å². The molecule has 0 heterocycles. The topological polar surface area (TPSA) is 63.6 Å². The van der Waals surface area contributed by atoms with Crippen LogP contribution in [0.2, 0.25) is 0 Å². The minimum atomic E-state index is -4.61. The van der Waals surface area contributed by atoms with E-state index in [2.05, 4.69) is 4.74 Å². The number of ether oxygens (including phenoxy) is 1. The molecule has 0 atom stereocenters. The van der Waals surface area contributed by atoms with Gasteiger partial charge in [0, 0.05) is 6.42 Å². The number of carbonyl (C=O) groups is 2. The van der Waals surface area contributed by atoms with E-state index in [1.807, 2.05) is 0 Å². The highest BCUT2D eigenvalue weighted by atomic mass is 19.4. The lowest BCUT2D eigenvalue weighted by molar-refractivity contribution is -0.140. The van der Waals surface area contributed by atoms with E-state index >= 15 is 0 Å². The van der Waals surface area contributed by atoms with Gasteiger partial charge in [0.2, 0.25) is 0 Å². The molecule has 0 unspecified atom stereocenters. The number of alkyl halides is 3. The number of Topliss-reactive ketones (excluding diaryl/α,β-unsaturated/α-hetero) is 1. The predicted molar refractivity (Wildman–Crippen MR) is 58.7 cm³/mol. The molecule has 0 saturated heterocycles. The second-order valence-corrected chi connectivity index (χ2v) is 3.73. The van der Waals surface area contributed by atoms with Crippen molar-refractivity contribution in [1.82, 2.24) is 0 Å². The highest BCUT2D eigenvalue weighted by Gasteiger charge is 2.31. The lowest BCUT2D eigenvalue weighted by Gasteiger charge is -2.09. The molecule has 0 fully saturated rings. The number of aromatic hydroxyl groups is 1. The van der Waals surface area contributed by atoms with Gasteiger partial charge in [0.1, 0.15) is 5.75 Å². The van der Waals surface area contributed by atoms with Crippen LogP contribution in [0.4, 0.5) is 13.2 Å². The number of esters is 1. The number of ketones is 1. The molecule has 0 aliphatic rings. The van der Waals surface area contributed by atoms with Gasteiger partial charge < -0.3 is 9.84 Å².